The van der Waals surface area contributed by atoms with Crippen LogP contribution >= 0.6 is 23.8 Å². The van der Waals surface area contributed by atoms with Crippen molar-refractivity contribution in [1.82, 2.24) is 0 Å². The maximum atomic E-state index is 14.2. The summed E-state index contributed by atoms with van der Waals surface area (Å²) in [4.78, 5) is 12.2. The highest BCUT2D eigenvalue weighted by atomic mass is 35.5. The first-order valence-electron chi connectivity index (χ1n) is 8.04. The van der Waals surface area contributed by atoms with Crippen LogP contribution in [-0.2, 0) is 11.2 Å². The molecular weight excluding hydrogens is 380 g/mol. The molecule has 1 unspecified atom stereocenters. The summed E-state index contributed by atoms with van der Waals surface area (Å²) in [5, 5.41) is 2.93. The summed E-state index contributed by atoms with van der Waals surface area (Å²) in [6.07, 6.45) is 0.974. The number of thiocarbonyl (C=S) groups is 1. The van der Waals surface area contributed by atoms with Gasteiger partial charge in [-0.15, -0.1) is 0 Å². The molecular formula is C19H18ClF2NO2S. The largest absolute Gasteiger partial charge is 0.484 e. The molecule has 138 valence electrons. The molecule has 0 spiro atoms. The van der Waals surface area contributed by atoms with Crippen molar-refractivity contribution in [2.24, 2.45) is 0 Å². The molecule has 2 rings (SSSR count). The van der Waals surface area contributed by atoms with Gasteiger partial charge >= 0.3 is 0 Å². The van der Waals surface area contributed by atoms with Gasteiger partial charge in [0.1, 0.15) is 11.6 Å². The Morgan fingerprint density at radius 2 is 2.04 bits per heavy atom. The quantitative estimate of drug-likeness (QED) is 0.649. The number of hydrogen-bond donors (Lipinski definition) is 1. The van der Waals surface area contributed by atoms with Crippen LogP contribution in [0.4, 0.5) is 14.5 Å². The van der Waals surface area contributed by atoms with Gasteiger partial charge in [0.25, 0.3) is 5.91 Å². The lowest BCUT2D eigenvalue weighted by atomic mass is 10.1. The summed E-state index contributed by atoms with van der Waals surface area (Å²) in [5.74, 6) is -1.88. The van der Waals surface area contributed by atoms with Crippen molar-refractivity contribution in [2.75, 3.05) is 5.32 Å². The first-order chi connectivity index (χ1) is 12.3. The van der Waals surface area contributed by atoms with Crippen LogP contribution in [0.3, 0.4) is 0 Å². The predicted molar refractivity (Wildman–Crippen MR) is 103 cm³/mol. The lowest BCUT2D eigenvalue weighted by Crippen LogP contribution is -2.16. The van der Waals surface area contributed by atoms with Crippen molar-refractivity contribution in [3.8, 4) is 0 Å². The molecule has 1 N–H and O–H groups in total. The number of benzene rings is 2. The highest BCUT2D eigenvalue weighted by molar-refractivity contribution is 7.80. The van der Waals surface area contributed by atoms with Crippen molar-refractivity contribution in [3.63, 3.8) is 0 Å². The van der Waals surface area contributed by atoms with Crippen LogP contribution in [0, 0.1) is 11.6 Å². The second-order valence-corrected chi connectivity index (χ2v) is 6.64. The molecule has 0 radical (unpaired) electrons. The summed E-state index contributed by atoms with van der Waals surface area (Å²) in [5.41, 5.74) is 0.539. The normalized spacial score (nSPS) is 11.7. The molecule has 2 aromatic carbocycles. The molecule has 7 heteroatoms. The molecule has 0 bridgehead atoms. The van der Waals surface area contributed by atoms with Gasteiger partial charge in [0, 0.05) is 17.0 Å². The average molecular weight is 398 g/mol. The zero-order chi connectivity index (χ0) is 19.3. The maximum Gasteiger partial charge on any atom is 0.255 e. The van der Waals surface area contributed by atoms with E-state index in [4.69, 9.17) is 28.6 Å². The second-order valence-electron chi connectivity index (χ2n) is 5.77. The Bertz CT molecular complexity index is 829. The van der Waals surface area contributed by atoms with Gasteiger partial charge in [-0.25, -0.2) is 8.78 Å². The minimum absolute atomic E-state index is 0.0334. The molecule has 3 nitrogen and oxygen atoms in total. The standard InChI is InChI=1S/C19H18ClF2NO2S/c1-3-11(2)25-18(26)9-13-8-17(16(22)10-15(13)20)23-19(24)12-5-4-6-14(21)7-12/h4-8,10-11H,3,9H2,1-2H3,(H,23,24). The number of anilines is 1. The Hall–Kier alpha value is -2.05. The van der Waals surface area contributed by atoms with E-state index in [1.165, 1.54) is 24.3 Å². The molecule has 1 amide bonds. The van der Waals surface area contributed by atoms with E-state index in [1.54, 1.807) is 0 Å². The van der Waals surface area contributed by atoms with Crippen LogP contribution in [-0.4, -0.2) is 17.1 Å². The Balaban J connectivity index is 2.19. The topological polar surface area (TPSA) is 38.3 Å². The first-order valence-corrected chi connectivity index (χ1v) is 8.83. The average Bonchev–Trinajstić information content (AvgIpc) is 2.58. The fourth-order valence-corrected chi connectivity index (χ4v) is 2.69. The number of ether oxygens (including phenoxy) is 1. The number of nitrogens with one attached hydrogen (secondary N) is 1. The van der Waals surface area contributed by atoms with E-state index < -0.39 is 17.5 Å². The molecule has 0 saturated heterocycles. The third-order valence-electron chi connectivity index (χ3n) is 3.71. The number of amides is 1. The summed E-state index contributed by atoms with van der Waals surface area (Å²) < 4.78 is 32.9. The fourth-order valence-electron chi connectivity index (χ4n) is 2.15. The number of halogens is 3. The van der Waals surface area contributed by atoms with Crippen molar-refractivity contribution in [1.29, 1.82) is 0 Å². The Morgan fingerprint density at radius 3 is 2.69 bits per heavy atom. The van der Waals surface area contributed by atoms with Gasteiger partial charge in [0.05, 0.1) is 11.8 Å². The maximum absolute atomic E-state index is 14.2. The number of hydrogen-bond acceptors (Lipinski definition) is 3. The van der Waals surface area contributed by atoms with Crippen LogP contribution in [0.25, 0.3) is 0 Å². The van der Waals surface area contributed by atoms with E-state index in [2.05, 4.69) is 5.32 Å². The van der Waals surface area contributed by atoms with Gasteiger partial charge in [-0.3, -0.25) is 4.79 Å². The minimum Gasteiger partial charge on any atom is -0.484 e. The van der Waals surface area contributed by atoms with E-state index in [0.717, 1.165) is 18.6 Å². The van der Waals surface area contributed by atoms with E-state index in [0.29, 0.717) is 10.6 Å². The van der Waals surface area contributed by atoms with Crippen molar-refractivity contribution >= 4 is 40.5 Å². The number of rotatable bonds is 6. The number of carbonyl (C=O) groups is 1. The Kier molecular flexibility index (Phi) is 7.06. The Morgan fingerprint density at radius 1 is 1.31 bits per heavy atom. The molecule has 0 fully saturated rings. The molecule has 0 aliphatic rings. The molecule has 26 heavy (non-hydrogen) atoms. The van der Waals surface area contributed by atoms with Crippen molar-refractivity contribution < 1.29 is 18.3 Å². The van der Waals surface area contributed by atoms with Gasteiger partial charge in [-0.1, -0.05) is 24.6 Å². The van der Waals surface area contributed by atoms with E-state index in [9.17, 15) is 13.6 Å². The molecule has 0 aromatic heterocycles. The third kappa shape index (κ3) is 5.47. The van der Waals surface area contributed by atoms with Gasteiger partial charge in [-0.05, 0) is 61.5 Å². The van der Waals surface area contributed by atoms with Gasteiger partial charge in [-0.2, -0.15) is 0 Å². The van der Waals surface area contributed by atoms with Gasteiger partial charge in [0.15, 0.2) is 5.05 Å². The molecule has 2 aromatic rings. The molecule has 0 heterocycles. The lowest BCUT2D eigenvalue weighted by Gasteiger charge is -2.15. The van der Waals surface area contributed by atoms with E-state index >= 15 is 0 Å². The van der Waals surface area contributed by atoms with E-state index in [-0.39, 0.29) is 28.8 Å². The zero-order valence-corrected chi connectivity index (χ0v) is 15.9. The van der Waals surface area contributed by atoms with Gasteiger partial charge < -0.3 is 10.1 Å². The smallest absolute Gasteiger partial charge is 0.255 e. The zero-order valence-electron chi connectivity index (χ0n) is 14.3. The predicted octanol–water partition coefficient (Wildman–Crippen LogP) is 5.56. The molecule has 0 aliphatic heterocycles. The molecule has 0 aliphatic carbocycles. The van der Waals surface area contributed by atoms with Crippen LogP contribution in [0.2, 0.25) is 5.02 Å². The second kappa shape index (κ2) is 9.05. The molecule has 0 saturated carbocycles. The van der Waals surface area contributed by atoms with Crippen molar-refractivity contribution in [2.45, 2.75) is 32.8 Å². The van der Waals surface area contributed by atoms with Crippen LogP contribution < -0.4 is 5.32 Å². The Labute approximate surface area is 161 Å². The monoisotopic (exact) mass is 397 g/mol. The van der Waals surface area contributed by atoms with Gasteiger partial charge in [0.2, 0.25) is 0 Å². The highest BCUT2D eigenvalue weighted by Crippen LogP contribution is 2.26. The summed E-state index contributed by atoms with van der Waals surface area (Å²) in [7, 11) is 0. The highest BCUT2D eigenvalue weighted by Gasteiger charge is 2.15. The fraction of sp³-hybridized carbons (Fsp3) is 0.263. The third-order valence-corrected chi connectivity index (χ3v) is 4.31. The lowest BCUT2D eigenvalue weighted by molar-refractivity contribution is 0.102. The summed E-state index contributed by atoms with van der Waals surface area (Å²) in [6, 6.07) is 7.63. The van der Waals surface area contributed by atoms with Crippen LogP contribution in [0.5, 0.6) is 0 Å². The number of carbonyl (C=O) groups excluding carboxylic acids is 1. The molecule has 1 atom stereocenters. The summed E-state index contributed by atoms with van der Waals surface area (Å²) in [6.45, 7) is 3.86. The van der Waals surface area contributed by atoms with Crippen molar-refractivity contribution in [3.05, 3.63) is 64.2 Å². The summed E-state index contributed by atoms with van der Waals surface area (Å²) >= 11 is 11.3. The van der Waals surface area contributed by atoms with Crippen LogP contribution in [0.1, 0.15) is 36.2 Å². The van der Waals surface area contributed by atoms with E-state index in [1.807, 2.05) is 13.8 Å². The SMILES string of the molecule is CCC(C)OC(=S)Cc1cc(NC(=O)c2cccc(F)c2)c(F)cc1Cl. The first kappa shape index (κ1) is 20.3. The van der Waals surface area contributed by atoms with Crippen LogP contribution in [0.15, 0.2) is 36.4 Å². The minimum atomic E-state index is -0.697.